The van der Waals surface area contributed by atoms with E-state index in [2.05, 4.69) is 18.7 Å². The van der Waals surface area contributed by atoms with Crippen LogP contribution in [0.25, 0.3) is 0 Å². The standard InChI is InChI=1S/C12H27N3O2/c1-11(2)15(8-9-17-4)10-12(16)14(3)7-5-6-13/h11H,5-10,13H2,1-4H3. The summed E-state index contributed by atoms with van der Waals surface area (Å²) >= 11 is 0. The summed E-state index contributed by atoms with van der Waals surface area (Å²) in [4.78, 5) is 15.8. The fourth-order valence-electron chi connectivity index (χ4n) is 1.48. The van der Waals surface area contributed by atoms with E-state index in [-0.39, 0.29) is 5.91 Å². The van der Waals surface area contributed by atoms with E-state index in [1.54, 1.807) is 12.0 Å². The Morgan fingerprint density at radius 3 is 2.47 bits per heavy atom. The molecule has 0 spiro atoms. The fraction of sp³-hybridized carbons (Fsp3) is 0.917. The Morgan fingerprint density at radius 1 is 1.35 bits per heavy atom. The van der Waals surface area contributed by atoms with E-state index in [4.69, 9.17) is 10.5 Å². The number of amides is 1. The summed E-state index contributed by atoms with van der Waals surface area (Å²) < 4.78 is 5.05. The fourth-order valence-corrected chi connectivity index (χ4v) is 1.48. The van der Waals surface area contributed by atoms with Gasteiger partial charge in [-0.3, -0.25) is 9.69 Å². The van der Waals surface area contributed by atoms with E-state index < -0.39 is 0 Å². The predicted octanol–water partition coefficient (Wildman–Crippen LogP) is 0.150. The number of hydrogen-bond acceptors (Lipinski definition) is 4. The van der Waals surface area contributed by atoms with Gasteiger partial charge in [0.15, 0.2) is 0 Å². The molecule has 0 unspecified atom stereocenters. The molecule has 0 atom stereocenters. The van der Waals surface area contributed by atoms with Gasteiger partial charge in [0.1, 0.15) is 0 Å². The Morgan fingerprint density at radius 2 is 2.00 bits per heavy atom. The third-order valence-electron chi connectivity index (χ3n) is 2.77. The summed E-state index contributed by atoms with van der Waals surface area (Å²) in [5, 5.41) is 0. The first kappa shape index (κ1) is 16.4. The molecular weight excluding hydrogens is 218 g/mol. The van der Waals surface area contributed by atoms with Crippen molar-refractivity contribution in [3.05, 3.63) is 0 Å². The van der Waals surface area contributed by atoms with Gasteiger partial charge in [-0.15, -0.1) is 0 Å². The third kappa shape index (κ3) is 7.31. The van der Waals surface area contributed by atoms with Crippen molar-refractivity contribution in [2.75, 3.05) is 46.9 Å². The second-order valence-corrected chi connectivity index (χ2v) is 4.51. The molecule has 2 N–H and O–H groups in total. The smallest absolute Gasteiger partial charge is 0.236 e. The maximum Gasteiger partial charge on any atom is 0.236 e. The van der Waals surface area contributed by atoms with E-state index in [9.17, 15) is 4.79 Å². The van der Waals surface area contributed by atoms with Gasteiger partial charge in [0, 0.05) is 33.3 Å². The van der Waals surface area contributed by atoms with Crippen molar-refractivity contribution in [1.82, 2.24) is 9.80 Å². The number of nitrogens with two attached hydrogens (primary N) is 1. The Labute approximate surface area is 105 Å². The van der Waals surface area contributed by atoms with Crippen LogP contribution in [0.4, 0.5) is 0 Å². The van der Waals surface area contributed by atoms with Crippen LogP contribution in [-0.2, 0) is 9.53 Å². The van der Waals surface area contributed by atoms with E-state index in [1.807, 2.05) is 7.05 Å². The van der Waals surface area contributed by atoms with Gasteiger partial charge in [0.25, 0.3) is 0 Å². The van der Waals surface area contributed by atoms with Crippen molar-refractivity contribution in [1.29, 1.82) is 0 Å². The molecule has 0 saturated heterocycles. The minimum Gasteiger partial charge on any atom is -0.383 e. The normalized spacial score (nSPS) is 11.2. The number of nitrogens with zero attached hydrogens (tertiary/aromatic N) is 2. The van der Waals surface area contributed by atoms with Crippen molar-refractivity contribution in [3.63, 3.8) is 0 Å². The van der Waals surface area contributed by atoms with Crippen molar-refractivity contribution in [2.45, 2.75) is 26.3 Å². The molecule has 0 saturated carbocycles. The first-order valence-corrected chi connectivity index (χ1v) is 6.20. The highest BCUT2D eigenvalue weighted by Crippen LogP contribution is 2.00. The number of likely N-dealkylation sites (N-methyl/N-ethyl adjacent to an activating group) is 1. The molecule has 0 bridgehead atoms. The molecular formula is C12H27N3O2. The Balaban J connectivity index is 4.10. The molecule has 0 radical (unpaired) electrons. The molecule has 0 aliphatic carbocycles. The molecule has 0 aromatic rings. The van der Waals surface area contributed by atoms with Crippen molar-refractivity contribution in [3.8, 4) is 0 Å². The molecule has 5 nitrogen and oxygen atoms in total. The molecule has 5 heteroatoms. The lowest BCUT2D eigenvalue weighted by Gasteiger charge is -2.27. The maximum atomic E-state index is 11.9. The van der Waals surface area contributed by atoms with E-state index in [0.717, 1.165) is 19.5 Å². The van der Waals surface area contributed by atoms with Crippen LogP contribution >= 0.6 is 0 Å². The highest BCUT2D eigenvalue weighted by Gasteiger charge is 2.16. The van der Waals surface area contributed by atoms with Crippen LogP contribution in [0.5, 0.6) is 0 Å². The second-order valence-electron chi connectivity index (χ2n) is 4.51. The number of hydrogen-bond donors (Lipinski definition) is 1. The minimum absolute atomic E-state index is 0.142. The first-order valence-electron chi connectivity index (χ1n) is 6.20. The van der Waals surface area contributed by atoms with Crippen molar-refractivity contribution in [2.24, 2.45) is 5.73 Å². The van der Waals surface area contributed by atoms with E-state index in [0.29, 0.717) is 25.7 Å². The van der Waals surface area contributed by atoms with Crippen LogP contribution in [0.3, 0.4) is 0 Å². The summed E-state index contributed by atoms with van der Waals surface area (Å²) in [6.45, 7) is 7.40. The summed E-state index contributed by atoms with van der Waals surface area (Å²) in [7, 11) is 3.50. The van der Waals surface area contributed by atoms with E-state index >= 15 is 0 Å². The number of rotatable bonds is 9. The molecule has 17 heavy (non-hydrogen) atoms. The van der Waals surface area contributed by atoms with Crippen LogP contribution in [-0.4, -0.2) is 68.7 Å². The average molecular weight is 245 g/mol. The molecule has 0 aliphatic heterocycles. The zero-order chi connectivity index (χ0) is 13.3. The number of ether oxygens (including phenoxy) is 1. The average Bonchev–Trinajstić information content (AvgIpc) is 2.30. The monoisotopic (exact) mass is 245 g/mol. The maximum absolute atomic E-state index is 11.9. The van der Waals surface area contributed by atoms with Gasteiger partial charge in [0.05, 0.1) is 13.2 Å². The SMILES string of the molecule is COCCN(CC(=O)N(C)CCCN)C(C)C. The van der Waals surface area contributed by atoms with Gasteiger partial charge in [-0.2, -0.15) is 0 Å². The lowest BCUT2D eigenvalue weighted by Crippen LogP contribution is -2.43. The topological polar surface area (TPSA) is 58.8 Å². The second kappa shape index (κ2) is 9.39. The summed E-state index contributed by atoms with van der Waals surface area (Å²) in [6.07, 6.45) is 0.849. The van der Waals surface area contributed by atoms with Gasteiger partial charge in [-0.25, -0.2) is 0 Å². The van der Waals surface area contributed by atoms with Gasteiger partial charge in [0.2, 0.25) is 5.91 Å². The van der Waals surface area contributed by atoms with Crippen LogP contribution in [0, 0.1) is 0 Å². The lowest BCUT2D eigenvalue weighted by atomic mass is 10.3. The summed E-state index contributed by atoms with van der Waals surface area (Å²) in [5.41, 5.74) is 5.43. The first-order chi connectivity index (χ1) is 8.02. The van der Waals surface area contributed by atoms with Crippen LogP contribution in [0.1, 0.15) is 20.3 Å². The molecule has 102 valence electrons. The Hall–Kier alpha value is -0.650. The van der Waals surface area contributed by atoms with Gasteiger partial charge in [-0.05, 0) is 26.8 Å². The predicted molar refractivity (Wildman–Crippen MR) is 69.9 cm³/mol. The number of carbonyl (C=O) groups is 1. The van der Waals surface area contributed by atoms with E-state index in [1.165, 1.54) is 0 Å². The van der Waals surface area contributed by atoms with Crippen LogP contribution in [0.2, 0.25) is 0 Å². The molecule has 0 heterocycles. The molecule has 0 fully saturated rings. The highest BCUT2D eigenvalue weighted by molar-refractivity contribution is 5.78. The zero-order valence-corrected chi connectivity index (χ0v) is 11.6. The Bertz CT molecular complexity index is 210. The highest BCUT2D eigenvalue weighted by atomic mass is 16.5. The van der Waals surface area contributed by atoms with Gasteiger partial charge >= 0.3 is 0 Å². The van der Waals surface area contributed by atoms with Crippen molar-refractivity contribution >= 4 is 5.91 Å². The summed E-state index contributed by atoms with van der Waals surface area (Å²) in [6, 6.07) is 0.344. The number of methoxy groups -OCH3 is 1. The molecule has 1 amide bonds. The quantitative estimate of drug-likeness (QED) is 0.628. The van der Waals surface area contributed by atoms with Crippen LogP contribution in [0.15, 0.2) is 0 Å². The largest absolute Gasteiger partial charge is 0.383 e. The molecule has 0 aliphatic rings. The van der Waals surface area contributed by atoms with Gasteiger partial charge in [-0.1, -0.05) is 0 Å². The molecule has 0 aromatic carbocycles. The number of carbonyl (C=O) groups excluding carboxylic acids is 1. The van der Waals surface area contributed by atoms with Crippen molar-refractivity contribution < 1.29 is 9.53 Å². The Kier molecular flexibility index (Phi) is 9.03. The minimum atomic E-state index is 0.142. The molecule has 0 aromatic heterocycles. The summed E-state index contributed by atoms with van der Waals surface area (Å²) in [5.74, 6) is 0.142. The lowest BCUT2D eigenvalue weighted by molar-refractivity contribution is -0.131. The third-order valence-corrected chi connectivity index (χ3v) is 2.77. The van der Waals surface area contributed by atoms with Gasteiger partial charge < -0.3 is 15.4 Å². The molecule has 0 rings (SSSR count). The zero-order valence-electron chi connectivity index (χ0n) is 11.6. The van der Waals surface area contributed by atoms with Crippen LogP contribution < -0.4 is 5.73 Å².